The summed E-state index contributed by atoms with van der Waals surface area (Å²) in [5.41, 5.74) is 6.36. The van der Waals surface area contributed by atoms with E-state index in [-0.39, 0.29) is 0 Å². The molecule has 3 aromatic rings. The fourth-order valence-corrected chi connectivity index (χ4v) is 2.68. The Kier molecular flexibility index (Phi) is 3.15. The van der Waals surface area contributed by atoms with Crippen LogP contribution in [0.25, 0.3) is 16.8 Å². The lowest BCUT2D eigenvalue weighted by Crippen LogP contribution is -2.00. The molecule has 0 spiro atoms. The van der Waals surface area contributed by atoms with Gasteiger partial charge in [0.15, 0.2) is 0 Å². The number of benzene rings is 2. The molecule has 3 rings (SSSR count). The third-order valence-corrected chi connectivity index (χ3v) is 3.83. The molecule has 0 radical (unpaired) electrons. The van der Waals surface area contributed by atoms with Crippen LogP contribution in [-0.4, -0.2) is 9.55 Å². The van der Waals surface area contributed by atoms with Gasteiger partial charge in [-0.05, 0) is 49.1 Å². The predicted octanol–water partition coefficient (Wildman–Crippen LogP) is 4.46. The highest BCUT2D eigenvalue weighted by molar-refractivity contribution is 5.73. The Morgan fingerprint density at radius 2 is 1.60 bits per heavy atom. The van der Waals surface area contributed by atoms with Gasteiger partial charge in [0.25, 0.3) is 0 Å². The first-order chi connectivity index (χ1) is 9.68. The Labute approximate surface area is 119 Å². The van der Waals surface area contributed by atoms with Crippen LogP contribution >= 0.6 is 0 Å². The van der Waals surface area contributed by atoms with Gasteiger partial charge in [-0.1, -0.05) is 36.4 Å². The van der Waals surface area contributed by atoms with Crippen LogP contribution in [0.4, 0.5) is 0 Å². The van der Waals surface area contributed by atoms with Gasteiger partial charge in [0.1, 0.15) is 5.82 Å². The molecule has 0 amide bonds. The Hall–Kier alpha value is -2.35. The highest BCUT2D eigenvalue weighted by atomic mass is 15.1. The summed E-state index contributed by atoms with van der Waals surface area (Å²) in [7, 11) is 0. The van der Waals surface area contributed by atoms with Crippen LogP contribution in [0.15, 0.2) is 54.9 Å². The molecule has 0 N–H and O–H groups in total. The zero-order valence-corrected chi connectivity index (χ0v) is 12.1. The van der Waals surface area contributed by atoms with Gasteiger partial charge in [-0.2, -0.15) is 0 Å². The molecule has 0 atom stereocenters. The van der Waals surface area contributed by atoms with Crippen LogP contribution in [0.5, 0.6) is 0 Å². The van der Waals surface area contributed by atoms with E-state index in [0.29, 0.717) is 0 Å². The van der Waals surface area contributed by atoms with Gasteiger partial charge in [-0.3, -0.25) is 0 Å². The van der Waals surface area contributed by atoms with E-state index < -0.39 is 0 Å². The van der Waals surface area contributed by atoms with E-state index in [1.54, 1.807) is 0 Å². The van der Waals surface area contributed by atoms with E-state index in [1.807, 2.05) is 19.3 Å². The van der Waals surface area contributed by atoms with Crippen LogP contribution < -0.4 is 0 Å². The second-order valence-corrected chi connectivity index (χ2v) is 5.11. The molecule has 2 nitrogen and oxygen atoms in total. The number of rotatable bonds is 2. The largest absolute Gasteiger partial charge is 0.304 e. The fourth-order valence-electron chi connectivity index (χ4n) is 2.68. The summed E-state index contributed by atoms with van der Waals surface area (Å²) in [4.78, 5) is 4.32. The number of aromatic nitrogens is 2. The summed E-state index contributed by atoms with van der Waals surface area (Å²) in [5, 5.41) is 0. The average molecular weight is 262 g/mol. The molecule has 2 heteroatoms. The van der Waals surface area contributed by atoms with E-state index in [9.17, 15) is 0 Å². The normalized spacial score (nSPS) is 10.8. The first-order valence-corrected chi connectivity index (χ1v) is 6.84. The van der Waals surface area contributed by atoms with Crippen molar-refractivity contribution in [2.45, 2.75) is 20.8 Å². The smallest absolute Gasteiger partial charge is 0.110 e. The standard InChI is InChI=1S/C18H18N2/c1-13-7-4-5-8-16(13)17-9-6-10-18(14(17)2)20-12-11-19-15(20)3/h4-12H,1-3H3. The summed E-state index contributed by atoms with van der Waals surface area (Å²) in [5.74, 6) is 1.01. The van der Waals surface area contributed by atoms with E-state index >= 15 is 0 Å². The van der Waals surface area contributed by atoms with Crippen molar-refractivity contribution in [2.75, 3.05) is 0 Å². The van der Waals surface area contributed by atoms with Crippen molar-refractivity contribution in [1.29, 1.82) is 0 Å². The van der Waals surface area contributed by atoms with Gasteiger partial charge in [0.05, 0.1) is 5.69 Å². The van der Waals surface area contributed by atoms with Gasteiger partial charge in [-0.15, -0.1) is 0 Å². The van der Waals surface area contributed by atoms with Gasteiger partial charge in [0.2, 0.25) is 0 Å². The van der Waals surface area contributed by atoms with Gasteiger partial charge < -0.3 is 4.57 Å². The van der Waals surface area contributed by atoms with Crippen LogP contribution in [0.3, 0.4) is 0 Å². The van der Waals surface area contributed by atoms with Gasteiger partial charge in [0, 0.05) is 12.4 Å². The van der Waals surface area contributed by atoms with Crippen LogP contribution in [0.2, 0.25) is 0 Å². The molecule has 20 heavy (non-hydrogen) atoms. The van der Waals surface area contributed by atoms with Crippen molar-refractivity contribution in [3.05, 3.63) is 71.8 Å². The Balaban J connectivity index is 2.21. The molecule has 2 aromatic carbocycles. The maximum Gasteiger partial charge on any atom is 0.110 e. The lowest BCUT2D eigenvalue weighted by atomic mass is 9.95. The summed E-state index contributed by atoms with van der Waals surface area (Å²) in [6, 6.07) is 15.0. The van der Waals surface area contributed by atoms with Crippen molar-refractivity contribution < 1.29 is 0 Å². The lowest BCUT2D eigenvalue weighted by Gasteiger charge is -2.15. The second kappa shape index (κ2) is 4.97. The van der Waals surface area contributed by atoms with Gasteiger partial charge in [-0.25, -0.2) is 4.98 Å². The molecular formula is C18H18N2. The molecule has 0 unspecified atom stereocenters. The molecular weight excluding hydrogens is 244 g/mol. The van der Waals surface area contributed by atoms with Crippen LogP contribution in [-0.2, 0) is 0 Å². The molecule has 0 aliphatic carbocycles. The molecule has 1 aromatic heterocycles. The third-order valence-electron chi connectivity index (χ3n) is 3.83. The summed E-state index contributed by atoms with van der Waals surface area (Å²) < 4.78 is 2.14. The van der Waals surface area contributed by atoms with E-state index in [1.165, 1.54) is 27.9 Å². The zero-order valence-electron chi connectivity index (χ0n) is 12.1. The molecule has 1 heterocycles. The number of hydrogen-bond acceptors (Lipinski definition) is 1. The van der Waals surface area contributed by atoms with Crippen molar-refractivity contribution in [2.24, 2.45) is 0 Å². The van der Waals surface area contributed by atoms with E-state index in [0.717, 1.165) is 5.82 Å². The quantitative estimate of drug-likeness (QED) is 0.666. The topological polar surface area (TPSA) is 17.8 Å². The molecule has 0 aliphatic heterocycles. The van der Waals surface area contributed by atoms with E-state index in [4.69, 9.17) is 0 Å². The van der Waals surface area contributed by atoms with Crippen molar-refractivity contribution >= 4 is 0 Å². The molecule has 0 saturated heterocycles. The average Bonchev–Trinajstić information content (AvgIpc) is 2.86. The molecule has 0 fully saturated rings. The highest BCUT2D eigenvalue weighted by Crippen LogP contribution is 2.30. The lowest BCUT2D eigenvalue weighted by molar-refractivity contribution is 0.965. The zero-order chi connectivity index (χ0) is 14.1. The molecule has 100 valence electrons. The van der Waals surface area contributed by atoms with Crippen molar-refractivity contribution in [3.63, 3.8) is 0 Å². The summed E-state index contributed by atoms with van der Waals surface area (Å²) >= 11 is 0. The second-order valence-electron chi connectivity index (χ2n) is 5.11. The maximum absolute atomic E-state index is 4.32. The highest BCUT2D eigenvalue weighted by Gasteiger charge is 2.10. The van der Waals surface area contributed by atoms with Crippen molar-refractivity contribution in [1.82, 2.24) is 9.55 Å². The van der Waals surface area contributed by atoms with Crippen LogP contribution in [0, 0.1) is 20.8 Å². The SMILES string of the molecule is Cc1ccccc1-c1cccc(-n2ccnc2C)c1C. The third kappa shape index (κ3) is 2.03. The van der Waals surface area contributed by atoms with Crippen molar-refractivity contribution in [3.8, 4) is 16.8 Å². The van der Waals surface area contributed by atoms with Gasteiger partial charge >= 0.3 is 0 Å². The number of nitrogens with zero attached hydrogens (tertiary/aromatic N) is 2. The minimum absolute atomic E-state index is 1.01. The molecule has 0 aliphatic rings. The minimum atomic E-state index is 1.01. The first-order valence-electron chi connectivity index (χ1n) is 6.84. The number of aryl methyl sites for hydroxylation is 2. The molecule has 0 saturated carbocycles. The minimum Gasteiger partial charge on any atom is -0.304 e. The first kappa shape index (κ1) is 12.7. The number of hydrogen-bond donors (Lipinski definition) is 0. The Morgan fingerprint density at radius 1 is 0.850 bits per heavy atom. The Morgan fingerprint density at radius 3 is 2.30 bits per heavy atom. The number of imidazole rings is 1. The maximum atomic E-state index is 4.32. The Bertz CT molecular complexity index is 754. The van der Waals surface area contributed by atoms with E-state index in [2.05, 4.69) is 65.9 Å². The summed E-state index contributed by atoms with van der Waals surface area (Å²) in [6.07, 6.45) is 3.86. The van der Waals surface area contributed by atoms with Crippen LogP contribution in [0.1, 0.15) is 17.0 Å². The fraction of sp³-hybridized carbons (Fsp3) is 0.167. The summed E-state index contributed by atoms with van der Waals surface area (Å²) in [6.45, 7) is 6.36. The predicted molar refractivity (Wildman–Crippen MR) is 83.2 cm³/mol. The monoisotopic (exact) mass is 262 g/mol. The molecule has 0 bridgehead atoms.